The van der Waals surface area contributed by atoms with Crippen LogP contribution in [0.1, 0.15) is 44.5 Å². The quantitative estimate of drug-likeness (QED) is 0.120. The van der Waals surface area contributed by atoms with Gasteiger partial charge in [0.25, 0.3) is 0 Å². The Balaban J connectivity index is 1.01. The molecule has 15 rings (SSSR count). The van der Waals surface area contributed by atoms with Gasteiger partial charge in [-0.25, -0.2) is 0 Å². The van der Waals surface area contributed by atoms with E-state index in [4.69, 9.17) is 0 Å². The molecule has 0 aliphatic heterocycles. The predicted molar refractivity (Wildman–Crippen MR) is 341 cm³/mol. The van der Waals surface area contributed by atoms with Crippen molar-refractivity contribution in [2.45, 2.75) is 10.8 Å². The van der Waals surface area contributed by atoms with E-state index in [-0.39, 0.29) is 0 Å². The van der Waals surface area contributed by atoms with Gasteiger partial charge in [-0.15, -0.1) is 0 Å². The van der Waals surface area contributed by atoms with Gasteiger partial charge < -0.3 is 9.80 Å². The van der Waals surface area contributed by atoms with Gasteiger partial charge in [-0.3, -0.25) is 0 Å². The fourth-order valence-corrected chi connectivity index (χ4v) is 13.8. The molecule has 0 bridgehead atoms. The molecule has 13 aromatic carbocycles. The number of rotatable bonds is 12. The molecule has 0 amide bonds. The third kappa shape index (κ3) is 7.79. The second kappa shape index (κ2) is 20.3. The largest absolute Gasteiger partial charge is 0.310 e. The molecule has 0 radical (unpaired) electrons. The zero-order chi connectivity index (χ0) is 54.5. The lowest BCUT2D eigenvalue weighted by Crippen LogP contribution is -2.31. The summed E-state index contributed by atoms with van der Waals surface area (Å²) in [6, 6.07) is 126. The zero-order valence-electron chi connectivity index (χ0n) is 45.2. The Morgan fingerprint density at radius 3 is 1.11 bits per heavy atom. The molecule has 2 aliphatic rings. The second-order valence-corrected chi connectivity index (χ2v) is 21.5. The molecule has 0 unspecified atom stereocenters. The van der Waals surface area contributed by atoms with Gasteiger partial charge in [0.2, 0.25) is 0 Å². The first-order valence-electron chi connectivity index (χ1n) is 28.4. The second-order valence-electron chi connectivity index (χ2n) is 21.5. The van der Waals surface area contributed by atoms with Crippen LogP contribution in [0.25, 0.3) is 44.5 Å². The van der Waals surface area contributed by atoms with E-state index < -0.39 is 10.8 Å². The van der Waals surface area contributed by atoms with Gasteiger partial charge in [0.15, 0.2) is 0 Å². The molecule has 2 heteroatoms. The maximum atomic E-state index is 2.56. The number of hydrogen-bond donors (Lipinski definition) is 0. The van der Waals surface area contributed by atoms with E-state index in [0.29, 0.717) is 0 Å². The molecule has 0 atom stereocenters. The molecule has 0 spiro atoms. The van der Waals surface area contributed by atoms with E-state index in [2.05, 4.69) is 350 Å². The Morgan fingerprint density at radius 2 is 0.549 bits per heavy atom. The van der Waals surface area contributed by atoms with E-state index in [1.165, 1.54) is 83.5 Å². The maximum absolute atomic E-state index is 2.56. The molecular formula is C80H56N2. The van der Waals surface area contributed by atoms with Gasteiger partial charge >= 0.3 is 0 Å². The van der Waals surface area contributed by atoms with Crippen LogP contribution in [0.3, 0.4) is 0 Å². The van der Waals surface area contributed by atoms with Gasteiger partial charge in [0.05, 0.1) is 16.5 Å². The average molecular weight is 1050 g/mol. The monoisotopic (exact) mass is 1040 g/mol. The number of hydrogen-bond acceptors (Lipinski definition) is 2. The summed E-state index contributed by atoms with van der Waals surface area (Å²) >= 11 is 0. The van der Waals surface area contributed by atoms with Crippen molar-refractivity contribution < 1.29 is 0 Å². The van der Waals surface area contributed by atoms with Gasteiger partial charge in [-0.1, -0.05) is 279 Å². The summed E-state index contributed by atoms with van der Waals surface area (Å²) in [7, 11) is 0. The fourth-order valence-electron chi connectivity index (χ4n) is 13.8. The topological polar surface area (TPSA) is 6.48 Å². The third-order valence-electron chi connectivity index (χ3n) is 17.2. The van der Waals surface area contributed by atoms with Gasteiger partial charge in [-0.05, 0) is 144 Å². The Morgan fingerprint density at radius 1 is 0.195 bits per heavy atom. The highest BCUT2D eigenvalue weighted by atomic mass is 15.2. The summed E-state index contributed by atoms with van der Waals surface area (Å²) in [5.74, 6) is 0. The van der Waals surface area contributed by atoms with Crippen LogP contribution in [0.5, 0.6) is 0 Å². The molecular weight excluding hydrogens is 989 g/mol. The van der Waals surface area contributed by atoms with E-state index in [9.17, 15) is 0 Å². The van der Waals surface area contributed by atoms with Crippen molar-refractivity contribution in [1.29, 1.82) is 0 Å². The van der Waals surface area contributed by atoms with E-state index in [0.717, 1.165) is 39.7 Å². The van der Waals surface area contributed by atoms with E-state index in [1.54, 1.807) is 0 Å². The van der Waals surface area contributed by atoms with Crippen molar-refractivity contribution in [3.8, 4) is 44.5 Å². The Labute approximate surface area is 480 Å². The summed E-state index contributed by atoms with van der Waals surface area (Å²) in [5.41, 5.74) is 24.6. The van der Waals surface area contributed by atoms with Gasteiger partial charge in [0.1, 0.15) is 0 Å². The highest BCUT2D eigenvalue weighted by molar-refractivity contribution is 5.96. The van der Waals surface area contributed by atoms with Crippen LogP contribution in [0, 0.1) is 0 Å². The lowest BCUT2D eigenvalue weighted by molar-refractivity contribution is 0.765. The van der Waals surface area contributed by atoms with E-state index in [1.807, 2.05) is 0 Å². The molecule has 13 aromatic rings. The number of fused-ring (bicyclic) bond motifs is 6. The first-order chi connectivity index (χ1) is 40.7. The molecule has 2 aliphatic carbocycles. The molecule has 0 saturated heterocycles. The summed E-state index contributed by atoms with van der Waals surface area (Å²) in [6.07, 6.45) is 0. The Kier molecular flexibility index (Phi) is 12.0. The van der Waals surface area contributed by atoms with Crippen molar-refractivity contribution in [1.82, 2.24) is 0 Å². The first kappa shape index (κ1) is 48.6. The lowest BCUT2D eigenvalue weighted by atomic mass is 9.67. The van der Waals surface area contributed by atoms with Crippen LogP contribution in [0.4, 0.5) is 34.1 Å². The first-order valence-corrected chi connectivity index (χ1v) is 28.4. The minimum absolute atomic E-state index is 0.614. The third-order valence-corrected chi connectivity index (χ3v) is 17.2. The van der Waals surface area contributed by atoms with E-state index >= 15 is 0 Å². The Bertz CT molecular complexity index is 4350. The zero-order valence-corrected chi connectivity index (χ0v) is 45.2. The van der Waals surface area contributed by atoms with Crippen LogP contribution in [0.15, 0.2) is 340 Å². The summed E-state index contributed by atoms with van der Waals surface area (Å²) < 4.78 is 0. The molecule has 0 heterocycles. The summed E-state index contributed by atoms with van der Waals surface area (Å²) in [4.78, 5) is 4.97. The number of nitrogens with zero attached hydrogens (tertiary/aromatic N) is 2. The fraction of sp³-hybridized carbons (Fsp3) is 0.0250. The summed E-state index contributed by atoms with van der Waals surface area (Å²) in [6.45, 7) is 0. The molecule has 0 saturated carbocycles. The highest BCUT2D eigenvalue weighted by Gasteiger charge is 2.49. The maximum Gasteiger partial charge on any atom is 0.0734 e. The smallest absolute Gasteiger partial charge is 0.0734 e. The minimum atomic E-state index is -0.683. The van der Waals surface area contributed by atoms with Crippen LogP contribution in [0.2, 0.25) is 0 Å². The molecule has 82 heavy (non-hydrogen) atoms. The van der Waals surface area contributed by atoms with Crippen molar-refractivity contribution >= 4 is 34.1 Å². The lowest BCUT2D eigenvalue weighted by Gasteiger charge is -2.39. The molecule has 0 aromatic heterocycles. The van der Waals surface area contributed by atoms with Crippen LogP contribution < -0.4 is 9.80 Å². The standard InChI is InChI=1S/C80H56N2/c1-6-26-57(27-7-1)59-50-52-65(53-51-59)81(66-38-22-30-60(54-66)58-28-8-2-9-29-58)68-40-24-41-69(56-68)82(67-39-23-37-64(55-67)79(61-31-10-3-11-32-61)74-46-19-16-42-70(74)71-43-17-20-47-75(71)79)77-49-25-45-73-72-44-18-21-48-76(72)80(78(73)77,62-33-12-4-13-34-62)63-35-14-5-15-36-63/h1-56H. The molecule has 2 nitrogen and oxygen atoms in total. The van der Waals surface area contributed by atoms with Crippen LogP contribution >= 0.6 is 0 Å². The SMILES string of the molecule is c1ccc(-c2ccc(N(c3cccc(-c4ccccc4)c3)c3cccc(N(c4cccc(C5(c6ccccc6)c6ccccc6-c6ccccc65)c4)c4cccc5c4C(c4ccccc4)(c4ccccc4)c4ccccc4-5)c3)cc2)cc1. The van der Waals surface area contributed by atoms with Crippen molar-refractivity contribution in [2.75, 3.05) is 9.80 Å². The van der Waals surface area contributed by atoms with Crippen molar-refractivity contribution in [2.24, 2.45) is 0 Å². The Hall–Kier alpha value is -10.5. The number of benzene rings is 13. The summed E-state index contributed by atoms with van der Waals surface area (Å²) in [5, 5.41) is 0. The molecule has 0 fully saturated rings. The highest BCUT2D eigenvalue weighted by Crippen LogP contribution is 2.61. The molecule has 0 N–H and O–H groups in total. The van der Waals surface area contributed by atoms with Crippen molar-refractivity contribution in [3.05, 3.63) is 384 Å². The predicted octanol–water partition coefficient (Wildman–Crippen LogP) is 20.7. The van der Waals surface area contributed by atoms with Crippen LogP contribution in [-0.4, -0.2) is 0 Å². The normalized spacial score (nSPS) is 13.1. The van der Waals surface area contributed by atoms with Crippen molar-refractivity contribution in [3.63, 3.8) is 0 Å². The minimum Gasteiger partial charge on any atom is -0.310 e. The van der Waals surface area contributed by atoms with Crippen LogP contribution in [-0.2, 0) is 10.8 Å². The molecule has 386 valence electrons. The van der Waals surface area contributed by atoms with Gasteiger partial charge in [-0.2, -0.15) is 0 Å². The average Bonchev–Trinajstić information content (AvgIpc) is 3.09. The van der Waals surface area contributed by atoms with Gasteiger partial charge in [0, 0.05) is 34.0 Å². The number of anilines is 6.